The van der Waals surface area contributed by atoms with Crippen molar-refractivity contribution in [3.63, 3.8) is 0 Å². The van der Waals surface area contributed by atoms with Crippen molar-refractivity contribution in [2.75, 3.05) is 5.73 Å². The summed E-state index contributed by atoms with van der Waals surface area (Å²) >= 11 is 0. The lowest BCUT2D eigenvalue weighted by Crippen LogP contribution is -2.56. The van der Waals surface area contributed by atoms with E-state index >= 15 is 0 Å². The summed E-state index contributed by atoms with van der Waals surface area (Å²) in [5.41, 5.74) is 5.47. The molecule has 5 heteroatoms. The number of hydrogen-bond donors (Lipinski definition) is 2. The minimum Gasteiger partial charge on any atom is -0.471 e. The van der Waals surface area contributed by atoms with Crippen LogP contribution in [-0.2, 0) is 6.98 Å². The van der Waals surface area contributed by atoms with Gasteiger partial charge in [0.1, 0.15) is 11.8 Å². The molecule has 1 aliphatic rings. The fourth-order valence-corrected chi connectivity index (χ4v) is 1.66. The molecule has 2 rings (SSSR count). The molecule has 15 heavy (non-hydrogen) atoms. The Bertz CT molecular complexity index is 456. The molecule has 0 spiro atoms. The molecule has 3 N–H and O–H groups in total. The van der Waals surface area contributed by atoms with Gasteiger partial charge in [0, 0.05) is 22.9 Å². The molecule has 1 aromatic rings. The van der Waals surface area contributed by atoms with Gasteiger partial charge in [0.25, 0.3) is 5.88 Å². The van der Waals surface area contributed by atoms with Crippen molar-refractivity contribution < 1.29 is 14.0 Å². The number of rotatable bonds is 2. The predicted octanol–water partition coefficient (Wildman–Crippen LogP) is 0.541. The standard InChI is InChI=1S/C10H17N3O2/c1-10(2)7(14)4-8(10)15-9-6(11)5-13(3)12-9/h5,7-8,14H,4,11H2,1-3H3/i3D3. The van der Waals surface area contributed by atoms with Crippen molar-refractivity contribution in [1.29, 1.82) is 0 Å². The Morgan fingerprint density at radius 2 is 2.53 bits per heavy atom. The molecule has 0 saturated heterocycles. The molecule has 1 aliphatic carbocycles. The Labute approximate surface area is 93.0 Å². The predicted molar refractivity (Wildman–Crippen MR) is 56.4 cm³/mol. The summed E-state index contributed by atoms with van der Waals surface area (Å²) in [6.45, 7) is 1.38. The number of anilines is 1. The van der Waals surface area contributed by atoms with Crippen LogP contribution < -0.4 is 10.5 Å². The van der Waals surface area contributed by atoms with E-state index in [1.807, 2.05) is 13.8 Å². The van der Waals surface area contributed by atoms with Crippen LogP contribution in [0, 0.1) is 5.41 Å². The second kappa shape index (κ2) is 3.13. The van der Waals surface area contributed by atoms with Gasteiger partial charge in [-0.2, -0.15) is 0 Å². The van der Waals surface area contributed by atoms with Crippen LogP contribution in [-0.4, -0.2) is 27.1 Å². The van der Waals surface area contributed by atoms with Crippen molar-refractivity contribution in [1.82, 2.24) is 9.78 Å². The Kier molecular flexibility index (Phi) is 1.48. The average molecular weight is 214 g/mol. The number of aliphatic hydroxyl groups is 1. The lowest BCUT2D eigenvalue weighted by molar-refractivity contribution is -0.135. The zero-order chi connectivity index (χ0) is 13.7. The lowest BCUT2D eigenvalue weighted by atomic mass is 9.66. The topological polar surface area (TPSA) is 73.3 Å². The first-order chi connectivity index (χ1) is 8.12. The maximum absolute atomic E-state index is 9.60. The third-order valence-corrected chi connectivity index (χ3v) is 3.09. The quantitative estimate of drug-likeness (QED) is 0.753. The van der Waals surface area contributed by atoms with E-state index < -0.39 is 13.1 Å². The van der Waals surface area contributed by atoms with E-state index in [9.17, 15) is 5.11 Å². The molecule has 1 saturated carbocycles. The van der Waals surface area contributed by atoms with Crippen LogP contribution in [0.4, 0.5) is 5.69 Å². The van der Waals surface area contributed by atoms with Gasteiger partial charge in [0.2, 0.25) is 0 Å². The molecule has 0 radical (unpaired) electrons. The summed E-state index contributed by atoms with van der Waals surface area (Å²) < 4.78 is 28.0. The van der Waals surface area contributed by atoms with E-state index in [1.165, 1.54) is 6.20 Å². The van der Waals surface area contributed by atoms with E-state index in [0.29, 0.717) is 6.42 Å². The largest absolute Gasteiger partial charge is 0.471 e. The highest BCUT2D eigenvalue weighted by atomic mass is 16.5. The van der Waals surface area contributed by atoms with Crippen LogP contribution in [0.5, 0.6) is 5.88 Å². The molecule has 2 unspecified atom stereocenters. The van der Waals surface area contributed by atoms with Gasteiger partial charge in [0.05, 0.1) is 12.3 Å². The van der Waals surface area contributed by atoms with Crippen LogP contribution in [0.3, 0.4) is 0 Å². The maximum Gasteiger partial charge on any atom is 0.256 e. The Morgan fingerprint density at radius 3 is 3.00 bits per heavy atom. The van der Waals surface area contributed by atoms with Gasteiger partial charge >= 0.3 is 0 Å². The summed E-state index contributed by atoms with van der Waals surface area (Å²) in [7, 11) is 0. The molecule has 1 heterocycles. The molecule has 0 aliphatic heterocycles. The maximum atomic E-state index is 9.60. The minimum atomic E-state index is -2.37. The van der Waals surface area contributed by atoms with Crippen LogP contribution in [0.15, 0.2) is 6.20 Å². The minimum absolute atomic E-state index is 0.108. The normalized spacial score (nSPS) is 32.3. The summed E-state index contributed by atoms with van der Waals surface area (Å²) in [4.78, 5) is 0. The molecule has 5 nitrogen and oxygen atoms in total. The lowest BCUT2D eigenvalue weighted by Gasteiger charge is -2.48. The zero-order valence-electron chi connectivity index (χ0n) is 11.8. The average Bonchev–Trinajstić information content (AvgIpc) is 2.59. The number of nitrogens with two attached hydrogens (primary N) is 1. The zero-order valence-corrected chi connectivity index (χ0v) is 8.77. The first kappa shape index (κ1) is 7.11. The monoisotopic (exact) mass is 214 g/mol. The Balaban J connectivity index is 2.14. The van der Waals surface area contributed by atoms with Crippen molar-refractivity contribution >= 4 is 5.69 Å². The fraction of sp³-hybridized carbons (Fsp3) is 0.700. The number of aromatic nitrogens is 2. The Hall–Kier alpha value is -1.23. The number of ether oxygens (including phenoxy) is 1. The third-order valence-electron chi connectivity index (χ3n) is 3.09. The molecule has 0 bridgehead atoms. The highest BCUT2D eigenvalue weighted by Gasteiger charge is 2.49. The fourth-order valence-electron chi connectivity index (χ4n) is 1.66. The van der Waals surface area contributed by atoms with Gasteiger partial charge in [0.15, 0.2) is 0 Å². The number of nitrogen functional groups attached to an aromatic ring is 1. The van der Waals surface area contributed by atoms with E-state index in [-0.39, 0.29) is 23.1 Å². The highest BCUT2D eigenvalue weighted by Crippen LogP contribution is 2.43. The summed E-state index contributed by atoms with van der Waals surface area (Å²) in [6, 6.07) is 0. The summed E-state index contributed by atoms with van der Waals surface area (Å²) in [6.07, 6.45) is 1.08. The number of aliphatic hydroxyl groups excluding tert-OH is 1. The van der Waals surface area contributed by atoms with Gasteiger partial charge in [-0.15, -0.1) is 5.10 Å². The van der Waals surface area contributed by atoms with Crippen LogP contribution in [0.25, 0.3) is 0 Å². The second-order valence-corrected chi connectivity index (χ2v) is 4.51. The van der Waals surface area contributed by atoms with Crippen molar-refractivity contribution in [3.05, 3.63) is 6.20 Å². The van der Waals surface area contributed by atoms with E-state index in [2.05, 4.69) is 5.10 Å². The SMILES string of the molecule is [2H]C([2H])([2H])n1cc(N)c(OC2CC(O)C2(C)C)n1. The van der Waals surface area contributed by atoms with E-state index in [4.69, 9.17) is 14.6 Å². The van der Waals surface area contributed by atoms with Crippen molar-refractivity contribution in [2.24, 2.45) is 12.4 Å². The second-order valence-electron chi connectivity index (χ2n) is 4.51. The van der Waals surface area contributed by atoms with E-state index in [1.54, 1.807) is 0 Å². The first-order valence-corrected chi connectivity index (χ1v) is 4.82. The van der Waals surface area contributed by atoms with Gasteiger partial charge in [-0.25, -0.2) is 0 Å². The van der Waals surface area contributed by atoms with Gasteiger partial charge in [-0.1, -0.05) is 13.8 Å². The van der Waals surface area contributed by atoms with Crippen LogP contribution >= 0.6 is 0 Å². The van der Waals surface area contributed by atoms with Gasteiger partial charge in [-0.3, -0.25) is 4.68 Å². The molecule has 1 fully saturated rings. The highest BCUT2D eigenvalue weighted by molar-refractivity contribution is 5.46. The number of nitrogens with zero attached hydrogens (tertiary/aromatic N) is 2. The number of hydrogen-bond acceptors (Lipinski definition) is 4. The van der Waals surface area contributed by atoms with Crippen molar-refractivity contribution in [3.8, 4) is 5.88 Å². The van der Waals surface area contributed by atoms with Gasteiger partial charge in [-0.05, 0) is 0 Å². The third kappa shape index (κ3) is 1.56. The van der Waals surface area contributed by atoms with E-state index in [0.717, 1.165) is 4.68 Å². The molecule has 2 atom stereocenters. The van der Waals surface area contributed by atoms with Crippen LogP contribution in [0.1, 0.15) is 24.4 Å². The first-order valence-electron chi connectivity index (χ1n) is 6.32. The number of aryl methyl sites for hydroxylation is 1. The Morgan fingerprint density at radius 1 is 1.80 bits per heavy atom. The molecule has 0 amide bonds. The smallest absolute Gasteiger partial charge is 0.256 e. The van der Waals surface area contributed by atoms with Crippen molar-refractivity contribution in [2.45, 2.75) is 32.5 Å². The molecular weight excluding hydrogens is 194 g/mol. The van der Waals surface area contributed by atoms with Crippen LogP contribution in [0.2, 0.25) is 0 Å². The molecule has 84 valence electrons. The summed E-state index contributed by atoms with van der Waals surface area (Å²) in [5.74, 6) is 0.108. The molecule has 0 aromatic carbocycles. The summed E-state index contributed by atoms with van der Waals surface area (Å²) in [5, 5.41) is 13.4. The van der Waals surface area contributed by atoms with Gasteiger partial charge < -0.3 is 15.6 Å². The molecular formula is C10H17N3O2. The molecule has 1 aromatic heterocycles.